The third-order valence-electron chi connectivity index (χ3n) is 7.07. The van der Waals surface area contributed by atoms with Crippen molar-refractivity contribution in [3.63, 3.8) is 0 Å². The van der Waals surface area contributed by atoms with Gasteiger partial charge in [-0.2, -0.15) is 13.2 Å². The number of hydrogen-bond donors (Lipinski definition) is 2. The fourth-order valence-electron chi connectivity index (χ4n) is 5.41. The summed E-state index contributed by atoms with van der Waals surface area (Å²) >= 11 is 0. The van der Waals surface area contributed by atoms with Crippen LogP contribution in [0.1, 0.15) is 60.7 Å². The smallest absolute Gasteiger partial charge is 0.357 e. The maximum atomic E-state index is 13.8. The number of halogens is 4. The zero-order valence-electron chi connectivity index (χ0n) is 20.5. The Morgan fingerprint density at radius 1 is 1.09 bits per heavy atom. The van der Waals surface area contributed by atoms with E-state index in [1.54, 1.807) is 4.90 Å². The molecule has 0 aliphatic carbocycles. The highest BCUT2D eigenvalue weighted by Crippen LogP contribution is 2.43. The van der Waals surface area contributed by atoms with E-state index in [9.17, 15) is 17.6 Å². The molecule has 0 radical (unpaired) electrons. The van der Waals surface area contributed by atoms with Gasteiger partial charge >= 0.3 is 6.18 Å². The van der Waals surface area contributed by atoms with Gasteiger partial charge in [0.05, 0.1) is 19.3 Å². The van der Waals surface area contributed by atoms with Crippen molar-refractivity contribution < 1.29 is 17.6 Å². The number of aromatic nitrogens is 1. The van der Waals surface area contributed by atoms with E-state index in [1.165, 1.54) is 0 Å². The molecule has 0 saturated carbocycles. The summed E-state index contributed by atoms with van der Waals surface area (Å²) < 4.78 is 53.5. The number of rotatable bonds is 10. The third-order valence-corrected chi connectivity index (χ3v) is 7.07. The summed E-state index contributed by atoms with van der Waals surface area (Å²) in [5.74, 6) is 0. The molecule has 0 fully saturated rings. The number of nitrogens with one attached hydrogen (secondary N) is 2. The molecule has 2 heterocycles. The lowest BCUT2D eigenvalue weighted by Crippen LogP contribution is -2.47. The summed E-state index contributed by atoms with van der Waals surface area (Å²) in [6, 6.07) is 13.5. The normalized spacial score (nSPS) is 18.8. The van der Waals surface area contributed by atoms with Gasteiger partial charge in [0.25, 0.3) is 0 Å². The summed E-state index contributed by atoms with van der Waals surface area (Å²) in [4.78, 5) is 5.11. The minimum absolute atomic E-state index is 0.249. The Hall–Kier alpha value is -2.38. The van der Waals surface area contributed by atoms with Gasteiger partial charge in [-0.15, -0.1) is 0 Å². The summed E-state index contributed by atoms with van der Waals surface area (Å²) in [6.45, 7) is 4.14. The van der Waals surface area contributed by atoms with Gasteiger partial charge in [-0.25, -0.2) is 0 Å². The van der Waals surface area contributed by atoms with Crippen molar-refractivity contribution >= 4 is 10.9 Å². The van der Waals surface area contributed by atoms with E-state index < -0.39 is 18.8 Å². The Morgan fingerprint density at radius 2 is 1.86 bits per heavy atom. The zero-order valence-corrected chi connectivity index (χ0v) is 20.5. The fourth-order valence-corrected chi connectivity index (χ4v) is 5.41. The molecule has 2 aromatic carbocycles. The molecular weight excluding hydrogens is 454 g/mol. The van der Waals surface area contributed by atoms with Crippen LogP contribution in [0.25, 0.3) is 10.9 Å². The maximum Gasteiger partial charge on any atom is 0.401 e. The van der Waals surface area contributed by atoms with Crippen molar-refractivity contribution in [2.75, 3.05) is 26.3 Å². The lowest BCUT2D eigenvalue weighted by Gasteiger charge is -2.42. The van der Waals surface area contributed by atoms with Gasteiger partial charge in [0.15, 0.2) is 0 Å². The van der Waals surface area contributed by atoms with Gasteiger partial charge in [-0.05, 0) is 80.4 Å². The second-order valence-electron chi connectivity index (χ2n) is 9.59. The Kier molecular flexibility index (Phi) is 8.17. The first-order chi connectivity index (χ1) is 16.8. The lowest BCUT2D eigenvalue weighted by atomic mass is 9.85. The van der Waals surface area contributed by atoms with Crippen molar-refractivity contribution in [1.82, 2.24) is 15.2 Å². The Morgan fingerprint density at radius 3 is 2.60 bits per heavy atom. The average molecular weight is 490 g/mol. The molecule has 3 aromatic rings. The molecule has 1 unspecified atom stereocenters. The van der Waals surface area contributed by atoms with Crippen LogP contribution in [0.15, 0.2) is 42.5 Å². The number of nitrogens with zero attached hydrogens (tertiary/aromatic N) is 1. The minimum atomic E-state index is -4.29. The third kappa shape index (κ3) is 5.89. The number of fused-ring (bicyclic) bond motifs is 3. The van der Waals surface area contributed by atoms with Crippen LogP contribution in [-0.2, 0) is 19.3 Å². The first kappa shape index (κ1) is 25.7. The summed E-state index contributed by atoms with van der Waals surface area (Å²) in [5.41, 5.74) is 6.13. The van der Waals surface area contributed by atoms with Crippen LogP contribution in [0.2, 0.25) is 0 Å². The second kappa shape index (κ2) is 11.1. The predicted molar refractivity (Wildman–Crippen MR) is 134 cm³/mol. The van der Waals surface area contributed by atoms with Crippen LogP contribution < -0.4 is 5.32 Å². The van der Waals surface area contributed by atoms with Crippen LogP contribution in [-0.4, -0.2) is 48.4 Å². The Bertz CT molecular complexity index is 1120. The SMILES string of the molecule is CCc1ccc(CCCNCCCF)cc1C1c2[nH]c3ccccc3c2C[C@@H](C)N1CC(F)(F)F. The minimum Gasteiger partial charge on any atom is -0.357 e. The van der Waals surface area contributed by atoms with Crippen molar-refractivity contribution in [1.29, 1.82) is 0 Å². The van der Waals surface area contributed by atoms with Gasteiger partial charge in [0.1, 0.15) is 0 Å². The van der Waals surface area contributed by atoms with Gasteiger partial charge in [0, 0.05) is 22.6 Å². The number of alkyl halides is 4. The van der Waals surface area contributed by atoms with Crippen LogP contribution in [0.5, 0.6) is 0 Å². The zero-order chi connectivity index (χ0) is 25.0. The number of aryl methyl sites for hydroxylation is 2. The molecule has 0 bridgehead atoms. The standard InChI is InChI=1S/C28H35F4N3/c1-3-21-12-11-20(8-6-14-33-15-7-13-29)17-23(21)27-26-24(22-9-4-5-10-25(22)34-26)16-19(2)35(27)18-28(30,31)32/h4-5,9-12,17,19,27,33-34H,3,6-8,13-16,18H2,1-2H3/t19-,27?/m1/s1. The molecule has 190 valence electrons. The summed E-state index contributed by atoms with van der Waals surface area (Å²) in [6.07, 6.45) is -0.733. The number of benzene rings is 2. The van der Waals surface area contributed by atoms with Gasteiger partial charge in [0.2, 0.25) is 0 Å². The quantitative estimate of drug-likeness (QED) is 0.251. The summed E-state index contributed by atoms with van der Waals surface area (Å²) in [5, 5.41) is 4.34. The molecule has 2 atom stereocenters. The molecule has 0 spiro atoms. The van der Waals surface area contributed by atoms with Crippen LogP contribution in [0.3, 0.4) is 0 Å². The molecular formula is C28H35F4N3. The first-order valence-corrected chi connectivity index (χ1v) is 12.6. The molecule has 0 amide bonds. The van der Waals surface area contributed by atoms with Crippen LogP contribution in [0.4, 0.5) is 17.6 Å². The monoisotopic (exact) mass is 489 g/mol. The molecule has 7 heteroatoms. The van der Waals surface area contributed by atoms with Gasteiger partial charge in [-0.3, -0.25) is 9.29 Å². The molecule has 4 rings (SSSR count). The molecule has 0 saturated heterocycles. The highest BCUT2D eigenvalue weighted by Gasteiger charge is 2.42. The fraction of sp³-hybridized carbons (Fsp3) is 0.500. The first-order valence-electron chi connectivity index (χ1n) is 12.6. The van der Waals surface area contributed by atoms with E-state index in [0.717, 1.165) is 64.7 Å². The van der Waals surface area contributed by atoms with E-state index >= 15 is 0 Å². The van der Waals surface area contributed by atoms with Crippen molar-refractivity contribution in [2.24, 2.45) is 0 Å². The summed E-state index contributed by atoms with van der Waals surface area (Å²) in [7, 11) is 0. The van der Waals surface area contributed by atoms with E-state index in [4.69, 9.17) is 0 Å². The van der Waals surface area contributed by atoms with Crippen molar-refractivity contribution in [3.8, 4) is 0 Å². The van der Waals surface area contributed by atoms with E-state index in [1.807, 2.05) is 25.1 Å². The Balaban J connectivity index is 1.72. The maximum absolute atomic E-state index is 13.8. The van der Waals surface area contributed by atoms with Crippen molar-refractivity contribution in [2.45, 2.75) is 64.2 Å². The number of hydrogen-bond acceptors (Lipinski definition) is 2. The topological polar surface area (TPSA) is 31.1 Å². The van der Waals surface area contributed by atoms with Crippen LogP contribution in [0, 0.1) is 0 Å². The van der Waals surface area contributed by atoms with Gasteiger partial charge in [-0.1, -0.05) is 43.3 Å². The number of para-hydroxylation sites is 1. The van der Waals surface area contributed by atoms with Crippen LogP contribution >= 0.6 is 0 Å². The second-order valence-corrected chi connectivity index (χ2v) is 9.59. The van der Waals surface area contributed by atoms with E-state index in [-0.39, 0.29) is 12.7 Å². The number of H-pyrrole nitrogens is 1. The predicted octanol–water partition coefficient (Wildman–Crippen LogP) is 6.51. The largest absolute Gasteiger partial charge is 0.401 e. The molecule has 3 nitrogen and oxygen atoms in total. The molecule has 1 aliphatic heterocycles. The molecule has 1 aromatic heterocycles. The average Bonchev–Trinajstić information content (AvgIpc) is 3.19. The van der Waals surface area contributed by atoms with Gasteiger partial charge < -0.3 is 10.3 Å². The highest BCUT2D eigenvalue weighted by atomic mass is 19.4. The number of aromatic amines is 1. The molecule has 2 N–H and O–H groups in total. The Labute approximate surface area is 204 Å². The molecule has 1 aliphatic rings. The highest BCUT2D eigenvalue weighted by molar-refractivity contribution is 5.85. The van der Waals surface area contributed by atoms with Crippen molar-refractivity contribution in [3.05, 3.63) is 70.4 Å². The van der Waals surface area contributed by atoms with E-state index in [2.05, 4.69) is 41.5 Å². The van der Waals surface area contributed by atoms with E-state index in [0.29, 0.717) is 19.4 Å². The lowest BCUT2D eigenvalue weighted by molar-refractivity contribution is -0.155. The molecule has 35 heavy (non-hydrogen) atoms.